The Balaban J connectivity index is 0. The summed E-state index contributed by atoms with van der Waals surface area (Å²) in [6.07, 6.45) is 5.63. The molecule has 0 atom stereocenters. The summed E-state index contributed by atoms with van der Waals surface area (Å²) in [6.45, 7) is 7.49. The van der Waals surface area contributed by atoms with E-state index in [2.05, 4.69) is 20.8 Å². The first-order valence-corrected chi connectivity index (χ1v) is 8.18. The molecule has 0 aliphatic heterocycles. The van der Waals surface area contributed by atoms with Crippen LogP contribution in [0.15, 0.2) is 0 Å². The molecule has 0 fully saturated rings. The minimum Gasteiger partial charge on any atom is -0.287 e. The Morgan fingerprint density at radius 1 is 0.722 bits per heavy atom. The average Bonchev–Trinajstić information content (AvgIpc) is 2.30. The van der Waals surface area contributed by atoms with Gasteiger partial charge in [0.1, 0.15) is 0 Å². The van der Waals surface area contributed by atoms with E-state index in [1.807, 2.05) is 0 Å². The summed E-state index contributed by atoms with van der Waals surface area (Å²) in [7, 11) is -3.31. The molecule has 0 aromatic rings. The van der Waals surface area contributed by atoms with E-state index in [1.165, 1.54) is 0 Å². The van der Waals surface area contributed by atoms with Crippen LogP contribution in [0.4, 0.5) is 0 Å². The highest BCUT2D eigenvalue weighted by Crippen LogP contribution is 2.49. The van der Waals surface area contributed by atoms with Gasteiger partial charge in [-0.05, 0) is 30.2 Å². The highest BCUT2D eigenvalue weighted by molar-refractivity contribution is 7.48. The first-order valence-electron chi connectivity index (χ1n) is 6.72. The van der Waals surface area contributed by atoms with Gasteiger partial charge < -0.3 is 0 Å². The fourth-order valence-electron chi connectivity index (χ4n) is 1.07. The van der Waals surface area contributed by atoms with Crippen LogP contribution in [0, 0.1) is 0 Å². The van der Waals surface area contributed by atoms with Crippen molar-refractivity contribution in [1.82, 2.24) is 0 Å². The molecule has 0 rings (SSSR count). The second kappa shape index (κ2) is 13.8. The molecule has 0 unspecified atom stereocenters. The van der Waals surface area contributed by atoms with Crippen LogP contribution >= 0.6 is 7.82 Å². The van der Waals surface area contributed by atoms with E-state index in [0.717, 1.165) is 38.5 Å². The minimum absolute atomic E-state index is 0. The maximum absolute atomic E-state index is 12.2. The van der Waals surface area contributed by atoms with Gasteiger partial charge in [0, 0.05) is 0 Å². The Hall–Kier alpha value is 0.327. The molecule has 4 nitrogen and oxygen atoms in total. The number of unbranched alkanes of at least 4 members (excludes halogenated alkanes) is 3. The van der Waals surface area contributed by atoms with Gasteiger partial charge in [0.05, 0.1) is 19.8 Å². The summed E-state index contributed by atoms with van der Waals surface area (Å²) in [5.41, 5.74) is 0. The van der Waals surface area contributed by atoms with Crippen LogP contribution in [-0.2, 0) is 18.1 Å². The molecule has 0 amide bonds. The van der Waals surface area contributed by atoms with Gasteiger partial charge in [-0.3, -0.25) is 13.6 Å². The maximum Gasteiger partial charge on any atom is 0.474 e. The van der Waals surface area contributed by atoms with Gasteiger partial charge >= 0.3 is 7.82 Å². The third-order valence-corrected chi connectivity index (χ3v) is 3.74. The molecular weight excluding hydrogens is 267 g/mol. The van der Waals surface area contributed by atoms with Crippen LogP contribution in [-0.4, -0.2) is 30.8 Å². The van der Waals surface area contributed by atoms with Crippen molar-refractivity contribution in [3.8, 4) is 0 Å². The molecular formula is C12H31O4PSi. The number of hydrogen-bond acceptors (Lipinski definition) is 4. The molecule has 0 N–H and O–H groups in total. The van der Waals surface area contributed by atoms with Crippen LogP contribution in [0.2, 0.25) is 0 Å². The minimum atomic E-state index is -3.31. The van der Waals surface area contributed by atoms with Crippen LogP contribution in [0.1, 0.15) is 59.3 Å². The van der Waals surface area contributed by atoms with Crippen LogP contribution < -0.4 is 0 Å². The van der Waals surface area contributed by atoms with Crippen molar-refractivity contribution in [2.24, 2.45) is 0 Å². The lowest BCUT2D eigenvalue weighted by Gasteiger charge is -2.17. The first-order chi connectivity index (χ1) is 8.18. The lowest BCUT2D eigenvalue weighted by atomic mass is 10.4. The third-order valence-electron chi connectivity index (χ3n) is 2.24. The maximum atomic E-state index is 12.2. The van der Waals surface area contributed by atoms with Crippen LogP contribution in [0.25, 0.3) is 0 Å². The molecule has 6 heteroatoms. The van der Waals surface area contributed by atoms with Gasteiger partial charge in [0.2, 0.25) is 0 Å². The molecule has 0 aliphatic carbocycles. The predicted molar refractivity (Wildman–Crippen MR) is 81.5 cm³/mol. The average molecular weight is 298 g/mol. The molecule has 0 aliphatic rings. The number of hydrogen-bond donors (Lipinski definition) is 0. The zero-order chi connectivity index (χ0) is 13.0. The zero-order valence-corrected chi connectivity index (χ0v) is 12.3. The standard InChI is InChI=1S/C12H27O4P.H4Si/c1-4-7-10-14-17(13,15-11-8-5-2)16-12-9-6-3;/h4-12H2,1-3H3;1H4. The van der Waals surface area contributed by atoms with E-state index >= 15 is 0 Å². The van der Waals surface area contributed by atoms with Gasteiger partial charge in [-0.25, -0.2) is 4.57 Å². The predicted octanol–water partition coefficient (Wildman–Crippen LogP) is 3.09. The molecule has 18 heavy (non-hydrogen) atoms. The van der Waals surface area contributed by atoms with E-state index in [9.17, 15) is 4.57 Å². The van der Waals surface area contributed by atoms with E-state index in [0.29, 0.717) is 19.8 Å². The highest BCUT2D eigenvalue weighted by Gasteiger charge is 2.25. The monoisotopic (exact) mass is 298 g/mol. The quantitative estimate of drug-likeness (QED) is 0.315. The smallest absolute Gasteiger partial charge is 0.287 e. The first kappa shape index (κ1) is 20.6. The second-order valence-electron chi connectivity index (χ2n) is 4.01. The molecule has 0 spiro atoms. The van der Waals surface area contributed by atoms with Crippen LogP contribution in [0.5, 0.6) is 0 Å². The van der Waals surface area contributed by atoms with Crippen molar-refractivity contribution in [2.75, 3.05) is 19.8 Å². The molecule has 0 saturated heterocycles. The van der Waals surface area contributed by atoms with Crippen LogP contribution in [0.3, 0.4) is 0 Å². The van der Waals surface area contributed by atoms with Gasteiger partial charge in [-0.2, -0.15) is 0 Å². The van der Waals surface area contributed by atoms with Crippen molar-refractivity contribution in [1.29, 1.82) is 0 Å². The molecule has 0 radical (unpaired) electrons. The van der Waals surface area contributed by atoms with Crippen molar-refractivity contribution in [2.45, 2.75) is 59.3 Å². The third kappa shape index (κ3) is 11.4. The Bertz CT molecular complexity index is 181. The van der Waals surface area contributed by atoms with Gasteiger partial charge in [0.25, 0.3) is 0 Å². The summed E-state index contributed by atoms with van der Waals surface area (Å²) in [5, 5.41) is 0. The van der Waals surface area contributed by atoms with Crippen molar-refractivity contribution < 1.29 is 18.1 Å². The Labute approximate surface area is 116 Å². The molecule has 0 bridgehead atoms. The summed E-state index contributed by atoms with van der Waals surface area (Å²) < 4.78 is 28.0. The highest BCUT2D eigenvalue weighted by atomic mass is 31.2. The Kier molecular flexibility index (Phi) is 15.8. The fourth-order valence-corrected chi connectivity index (χ4v) is 2.36. The second-order valence-corrected chi connectivity index (χ2v) is 5.68. The summed E-state index contributed by atoms with van der Waals surface area (Å²) in [6, 6.07) is 0. The van der Waals surface area contributed by atoms with Gasteiger partial charge in [-0.1, -0.05) is 40.0 Å². The largest absolute Gasteiger partial charge is 0.474 e. The van der Waals surface area contributed by atoms with E-state index < -0.39 is 7.82 Å². The topological polar surface area (TPSA) is 44.8 Å². The molecule has 112 valence electrons. The number of rotatable bonds is 12. The molecule has 0 aromatic carbocycles. The van der Waals surface area contributed by atoms with Crippen molar-refractivity contribution in [3.63, 3.8) is 0 Å². The van der Waals surface area contributed by atoms with Crippen molar-refractivity contribution >= 4 is 18.8 Å². The number of phosphoric ester groups is 1. The normalized spacial score (nSPS) is 11.3. The van der Waals surface area contributed by atoms with E-state index in [1.54, 1.807) is 0 Å². The SMILES string of the molecule is CCCCOP(=O)(OCCCC)OCCCC.[SiH4]. The van der Waals surface area contributed by atoms with E-state index in [-0.39, 0.29) is 11.0 Å². The zero-order valence-electron chi connectivity index (χ0n) is 11.4. The van der Waals surface area contributed by atoms with Crippen molar-refractivity contribution in [3.05, 3.63) is 0 Å². The Morgan fingerprint density at radius 3 is 1.22 bits per heavy atom. The van der Waals surface area contributed by atoms with Gasteiger partial charge in [-0.15, -0.1) is 0 Å². The van der Waals surface area contributed by atoms with E-state index in [4.69, 9.17) is 13.6 Å². The van der Waals surface area contributed by atoms with Gasteiger partial charge in [0.15, 0.2) is 0 Å². The lowest BCUT2D eigenvalue weighted by molar-refractivity contribution is 0.110. The Morgan fingerprint density at radius 2 is 1.00 bits per heavy atom. The molecule has 0 heterocycles. The summed E-state index contributed by atoms with van der Waals surface area (Å²) in [5.74, 6) is 0. The summed E-state index contributed by atoms with van der Waals surface area (Å²) in [4.78, 5) is 0. The fraction of sp³-hybridized carbons (Fsp3) is 1.00. The number of phosphoric acid groups is 1. The molecule has 0 aromatic heterocycles. The molecule has 0 saturated carbocycles. The summed E-state index contributed by atoms with van der Waals surface area (Å²) >= 11 is 0. The lowest BCUT2D eigenvalue weighted by Crippen LogP contribution is -2.03.